The molecule has 1 amide bonds. The quantitative estimate of drug-likeness (QED) is 0.762. The van der Waals surface area contributed by atoms with E-state index in [0.717, 1.165) is 18.4 Å². The van der Waals surface area contributed by atoms with Crippen molar-refractivity contribution in [3.05, 3.63) is 71.0 Å². The van der Waals surface area contributed by atoms with Crippen LogP contribution in [0.3, 0.4) is 0 Å². The van der Waals surface area contributed by atoms with E-state index in [1.165, 1.54) is 29.8 Å². The molecule has 0 unspecified atom stereocenters. The molecule has 3 nitrogen and oxygen atoms in total. The van der Waals surface area contributed by atoms with E-state index < -0.39 is 0 Å². The molecule has 1 N–H and O–H groups in total. The standard InChI is InChI=1S/C21H22FNO2/c1-14-2-4-16(5-3-14)21(17-6-7-17)23-20(25)13-12-19(24)15-8-10-18(22)11-9-15/h2-5,8-11,17,21H,6-7,12-13H2,1H3,(H,23,25)/t21-/m0/s1. The van der Waals surface area contributed by atoms with E-state index in [2.05, 4.69) is 29.6 Å². The Morgan fingerprint density at radius 3 is 2.28 bits per heavy atom. The molecule has 130 valence electrons. The number of nitrogens with one attached hydrogen (secondary N) is 1. The van der Waals surface area contributed by atoms with Gasteiger partial charge in [-0.3, -0.25) is 9.59 Å². The van der Waals surface area contributed by atoms with E-state index in [0.29, 0.717) is 11.5 Å². The second kappa shape index (κ2) is 7.60. The van der Waals surface area contributed by atoms with Crippen LogP contribution >= 0.6 is 0 Å². The summed E-state index contributed by atoms with van der Waals surface area (Å²) in [7, 11) is 0. The average molecular weight is 339 g/mol. The summed E-state index contributed by atoms with van der Waals surface area (Å²) in [5.41, 5.74) is 2.74. The lowest BCUT2D eigenvalue weighted by molar-refractivity contribution is -0.122. The van der Waals surface area contributed by atoms with Gasteiger partial charge >= 0.3 is 0 Å². The average Bonchev–Trinajstić information content (AvgIpc) is 3.44. The number of hydrogen-bond acceptors (Lipinski definition) is 2. The summed E-state index contributed by atoms with van der Waals surface area (Å²) in [4.78, 5) is 24.4. The van der Waals surface area contributed by atoms with E-state index in [1.54, 1.807) is 0 Å². The lowest BCUT2D eigenvalue weighted by atomic mass is 10.0. The van der Waals surface area contributed by atoms with E-state index in [4.69, 9.17) is 0 Å². The van der Waals surface area contributed by atoms with Crippen molar-refractivity contribution in [1.82, 2.24) is 5.32 Å². The van der Waals surface area contributed by atoms with Crippen LogP contribution in [0.4, 0.5) is 4.39 Å². The number of amides is 1. The number of hydrogen-bond donors (Lipinski definition) is 1. The maximum atomic E-state index is 12.9. The van der Waals surface area contributed by atoms with Crippen molar-refractivity contribution >= 4 is 11.7 Å². The van der Waals surface area contributed by atoms with Gasteiger partial charge in [-0.25, -0.2) is 4.39 Å². The van der Waals surface area contributed by atoms with Crippen LogP contribution in [0.25, 0.3) is 0 Å². The second-order valence-electron chi connectivity index (χ2n) is 6.72. The van der Waals surface area contributed by atoms with Crippen LogP contribution in [0.5, 0.6) is 0 Å². The van der Waals surface area contributed by atoms with Crippen LogP contribution in [-0.4, -0.2) is 11.7 Å². The zero-order valence-electron chi connectivity index (χ0n) is 14.3. The molecule has 3 rings (SSSR count). The molecule has 2 aromatic carbocycles. The molecule has 0 spiro atoms. The summed E-state index contributed by atoms with van der Waals surface area (Å²) >= 11 is 0. The van der Waals surface area contributed by atoms with Gasteiger partial charge in [0, 0.05) is 18.4 Å². The van der Waals surface area contributed by atoms with Crippen molar-refractivity contribution in [3.8, 4) is 0 Å². The summed E-state index contributed by atoms with van der Waals surface area (Å²) < 4.78 is 12.9. The molecule has 0 heterocycles. The number of rotatable bonds is 7. The lowest BCUT2D eigenvalue weighted by Crippen LogP contribution is -2.30. The van der Waals surface area contributed by atoms with Gasteiger partial charge in [-0.2, -0.15) is 0 Å². The lowest BCUT2D eigenvalue weighted by Gasteiger charge is -2.19. The predicted molar refractivity (Wildman–Crippen MR) is 94.8 cm³/mol. The van der Waals surface area contributed by atoms with Crippen molar-refractivity contribution in [3.63, 3.8) is 0 Å². The number of ketones is 1. The summed E-state index contributed by atoms with van der Waals surface area (Å²) in [5, 5.41) is 3.08. The Morgan fingerprint density at radius 1 is 1.04 bits per heavy atom. The van der Waals surface area contributed by atoms with Gasteiger partial charge in [-0.1, -0.05) is 29.8 Å². The number of carbonyl (C=O) groups is 2. The highest BCUT2D eigenvalue weighted by Gasteiger charge is 2.33. The summed E-state index contributed by atoms with van der Waals surface area (Å²) in [5.74, 6) is -0.152. The molecular formula is C21H22FNO2. The fourth-order valence-corrected chi connectivity index (χ4v) is 2.93. The van der Waals surface area contributed by atoms with Crippen LogP contribution in [-0.2, 0) is 4.79 Å². The molecular weight excluding hydrogens is 317 g/mol. The molecule has 1 aliphatic carbocycles. The van der Waals surface area contributed by atoms with Crippen LogP contribution in [0.2, 0.25) is 0 Å². The number of aryl methyl sites for hydroxylation is 1. The molecule has 1 aliphatic rings. The molecule has 1 fully saturated rings. The Bertz CT molecular complexity index is 748. The Kier molecular flexibility index (Phi) is 5.27. The number of halogens is 1. The minimum Gasteiger partial charge on any atom is -0.349 e. The zero-order valence-corrected chi connectivity index (χ0v) is 14.3. The van der Waals surface area contributed by atoms with E-state index in [-0.39, 0.29) is 36.4 Å². The maximum Gasteiger partial charge on any atom is 0.220 e. The topological polar surface area (TPSA) is 46.2 Å². The summed E-state index contributed by atoms with van der Waals surface area (Å²) in [6.07, 6.45) is 2.51. The third-order valence-electron chi connectivity index (χ3n) is 4.59. The van der Waals surface area contributed by atoms with Gasteiger partial charge < -0.3 is 5.32 Å². The van der Waals surface area contributed by atoms with E-state index in [9.17, 15) is 14.0 Å². The highest BCUT2D eigenvalue weighted by molar-refractivity contribution is 5.97. The fraction of sp³-hybridized carbons (Fsp3) is 0.333. The normalized spacial score (nSPS) is 14.8. The first kappa shape index (κ1) is 17.3. The van der Waals surface area contributed by atoms with Crippen molar-refractivity contribution in [2.24, 2.45) is 5.92 Å². The second-order valence-corrected chi connectivity index (χ2v) is 6.72. The molecule has 1 saturated carbocycles. The third kappa shape index (κ3) is 4.75. The molecule has 0 saturated heterocycles. The van der Waals surface area contributed by atoms with Gasteiger partial charge in [0.25, 0.3) is 0 Å². The first-order valence-electron chi connectivity index (χ1n) is 8.67. The first-order valence-corrected chi connectivity index (χ1v) is 8.67. The van der Waals surface area contributed by atoms with Crippen LogP contribution in [0, 0.1) is 18.7 Å². The Labute approximate surface area is 147 Å². The maximum absolute atomic E-state index is 12.9. The zero-order chi connectivity index (χ0) is 17.8. The van der Waals surface area contributed by atoms with Gasteiger partial charge in [-0.05, 0) is 55.5 Å². The van der Waals surface area contributed by atoms with Gasteiger partial charge in [-0.15, -0.1) is 0 Å². The van der Waals surface area contributed by atoms with Crippen molar-refractivity contribution in [2.45, 2.75) is 38.6 Å². The third-order valence-corrected chi connectivity index (χ3v) is 4.59. The Balaban J connectivity index is 1.56. The minimum absolute atomic E-state index is 0.0222. The van der Waals surface area contributed by atoms with Gasteiger partial charge in [0.1, 0.15) is 5.82 Å². The van der Waals surface area contributed by atoms with E-state index in [1.807, 2.05) is 6.92 Å². The van der Waals surface area contributed by atoms with Gasteiger partial charge in [0.15, 0.2) is 5.78 Å². The summed E-state index contributed by atoms with van der Waals surface area (Å²) in [6.45, 7) is 2.04. The van der Waals surface area contributed by atoms with Gasteiger partial charge in [0.2, 0.25) is 5.91 Å². The number of Topliss-reactive ketones (excluding diaryl/α,β-unsaturated/α-hetero) is 1. The molecule has 25 heavy (non-hydrogen) atoms. The summed E-state index contributed by atoms with van der Waals surface area (Å²) in [6, 6.07) is 13.7. The van der Waals surface area contributed by atoms with Crippen LogP contribution in [0.15, 0.2) is 48.5 Å². The van der Waals surface area contributed by atoms with Gasteiger partial charge in [0.05, 0.1) is 6.04 Å². The fourth-order valence-electron chi connectivity index (χ4n) is 2.93. The Morgan fingerprint density at radius 2 is 1.68 bits per heavy atom. The van der Waals surface area contributed by atoms with Crippen LogP contribution < -0.4 is 5.32 Å². The van der Waals surface area contributed by atoms with Crippen molar-refractivity contribution < 1.29 is 14.0 Å². The minimum atomic E-state index is -0.375. The SMILES string of the molecule is Cc1ccc([C@H](NC(=O)CCC(=O)c2ccc(F)cc2)C2CC2)cc1. The molecule has 2 aromatic rings. The highest BCUT2D eigenvalue weighted by Crippen LogP contribution is 2.41. The van der Waals surface area contributed by atoms with Crippen molar-refractivity contribution in [1.29, 1.82) is 0 Å². The molecule has 0 aromatic heterocycles. The molecule has 4 heteroatoms. The largest absolute Gasteiger partial charge is 0.349 e. The predicted octanol–water partition coefficient (Wildman–Crippen LogP) is 4.36. The van der Waals surface area contributed by atoms with E-state index >= 15 is 0 Å². The molecule has 0 bridgehead atoms. The molecule has 0 radical (unpaired) electrons. The van der Waals surface area contributed by atoms with Crippen LogP contribution in [0.1, 0.15) is 53.2 Å². The Hall–Kier alpha value is -2.49. The smallest absolute Gasteiger partial charge is 0.220 e. The monoisotopic (exact) mass is 339 g/mol. The van der Waals surface area contributed by atoms with Crippen molar-refractivity contribution in [2.75, 3.05) is 0 Å². The highest BCUT2D eigenvalue weighted by atomic mass is 19.1. The number of carbonyl (C=O) groups excluding carboxylic acids is 2. The first-order chi connectivity index (χ1) is 12.0. The molecule has 0 aliphatic heterocycles. The number of benzene rings is 2. The molecule has 1 atom stereocenters.